The Morgan fingerprint density at radius 2 is 2.00 bits per heavy atom. The summed E-state index contributed by atoms with van der Waals surface area (Å²) < 4.78 is 0. The average molecular weight is 355 g/mol. The van der Waals surface area contributed by atoms with E-state index in [0.717, 1.165) is 61.5 Å². The van der Waals surface area contributed by atoms with Crippen molar-refractivity contribution in [3.63, 3.8) is 0 Å². The molecule has 1 amide bonds. The maximum absolute atomic E-state index is 13.3. The third-order valence-corrected chi connectivity index (χ3v) is 6.06. The number of rotatable bonds is 4. The van der Waals surface area contributed by atoms with Crippen LogP contribution in [0.1, 0.15) is 36.9 Å². The van der Waals surface area contributed by atoms with E-state index < -0.39 is 0 Å². The van der Waals surface area contributed by atoms with E-state index in [1.54, 1.807) is 0 Å². The summed E-state index contributed by atoms with van der Waals surface area (Å²) in [5.41, 5.74) is 1.93. The van der Waals surface area contributed by atoms with Crippen LogP contribution in [0.25, 0.3) is 0 Å². The van der Waals surface area contributed by atoms with E-state index in [1.807, 2.05) is 42.6 Å². The van der Waals surface area contributed by atoms with Crippen molar-refractivity contribution in [2.24, 2.45) is 5.92 Å². The lowest BCUT2D eigenvalue weighted by molar-refractivity contribution is -0.140. The second kappa shape index (κ2) is 6.80. The molecule has 2 aliphatic rings. The minimum atomic E-state index is -0.315. The molecule has 4 rings (SSSR count). The number of hydrogen-bond acceptors (Lipinski definition) is 2. The van der Waals surface area contributed by atoms with Crippen LogP contribution in [0.4, 0.5) is 0 Å². The topological polar surface area (TPSA) is 33.2 Å². The van der Waals surface area contributed by atoms with Crippen LogP contribution in [0.15, 0.2) is 48.7 Å². The SMILES string of the molecule is O=C(N1CCC(Cc2ccccn2)C1)C1(c2ccc(Cl)cc2)CCC1. The number of likely N-dealkylation sites (tertiary alicyclic amines) is 1. The van der Waals surface area contributed by atoms with E-state index in [-0.39, 0.29) is 5.41 Å². The summed E-state index contributed by atoms with van der Waals surface area (Å²) in [5.74, 6) is 0.825. The van der Waals surface area contributed by atoms with E-state index >= 15 is 0 Å². The van der Waals surface area contributed by atoms with Crippen molar-refractivity contribution in [3.05, 3.63) is 64.9 Å². The third kappa shape index (κ3) is 3.18. The van der Waals surface area contributed by atoms with Crippen LogP contribution in [-0.4, -0.2) is 28.9 Å². The van der Waals surface area contributed by atoms with Gasteiger partial charge in [0.25, 0.3) is 0 Å². The summed E-state index contributed by atoms with van der Waals surface area (Å²) in [6.07, 6.45) is 6.90. The highest BCUT2D eigenvalue weighted by atomic mass is 35.5. The fourth-order valence-corrected chi connectivity index (χ4v) is 4.35. The maximum Gasteiger partial charge on any atom is 0.233 e. The standard InChI is InChI=1S/C21H23ClN2O/c22-18-7-5-17(6-8-18)21(10-3-11-21)20(25)24-13-9-16(15-24)14-19-4-1-2-12-23-19/h1-2,4-8,12,16H,3,9-11,13-15H2. The van der Waals surface area contributed by atoms with E-state index in [9.17, 15) is 4.79 Å². The highest BCUT2D eigenvalue weighted by Gasteiger charge is 2.48. The number of aromatic nitrogens is 1. The van der Waals surface area contributed by atoms with Gasteiger partial charge in [-0.2, -0.15) is 0 Å². The van der Waals surface area contributed by atoms with E-state index in [4.69, 9.17) is 11.6 Å². The first kappa shape index (κ1) is 16.6. The molecule has 1 aliphatic heterocycles. The zero-order chi connectivity index (χ0) is 17.3. The quantitative estimate of drug-likeness (QED) is 0.822. The minimum Gasteiger partial charge on any atom is -0.342 e. The van der Waals surface area contributed by atoms with Crippen LogP contribution >= 0.6 is 11.6 Å². The van der Waals surface area contributed by atoms with Gasteiger partial charge in [0, 0.05) is 30.0 Å². The second-order valence-electron chi connectivity index (χ2n) is 7.37. The number of pyridine rings is 1. The first-order valence-corrected chi connectivity index (χ1v) is 9.50. The van der Waals surface area contributed by atoms with Gasteiger partial charge in [-0.15, -0.1) is 0 Å². The molecule has 0 spiro atoms. The van der Waals surface area contributed by atoms with Gasteiger partial charge < -0.3 is 4.90 Å². The zero-order valence-electron chi connectivity index (χ0n) is 14.3. The number of hydrogen-bond donors (Lipinski definition) is 0. The summed E-state index contributed by atoms with van der Waals surface area (Å²) in [4.78, 5) is 19.8. The molecule has 1 aliphatic carbocycles. The Bertz CT molecular complexity index is 740. The van der Waals surface area contributed by atoms with Crippen LogP contribution in [0.3, 0.4) is 0 Å². The first-order valence-electron chi connectivity index (χ1n) is 9.13. The van der Waals surface area contributed by atoms with Gasteiger partial charge >= 0.3 is 0 Å². The van der Waals surface area contributed by atoms with Gasteiger partial charge in [-0.3, -0.25) is 9.78 Å². The monoisotopic (exact) mass is 354 g/mol. The molecule has 2 fully saturated rings. The minimum absolute atomic E-state index is 0.310. The Balaban J connectivity index is 1.46. The number of carbonyl (C=O) groups is 1. The van der Waals surface area contributed by atoms with Gasteiger partial charge in [0.2, 0.25) is 5.91 Å². The van der Waals surface area contributed by atoms with Crippen molar-refractivity contribution in [2.45, 2.75) is 37.5 Å². The molecule has 0 bridgehead atoms. The summed E-state index contributed by atoms with van der Waals surface area (Å²) >= 11 is 6.02. The molecular formula is C21H23ClN2O. The lowest BCUT2D eigenvalue weighted by Gasteiger charge is -2.43. The number of nitrogens with zero attached hydrogens (tertiary/aromatic N) is 2. The molecule has 1 saturated heterocycles. The molecule has 2 heterocycles. The lowest BCUT2D eigenvalue weighted by atomic mass is 9.63. The Morgan fingerprint density at radius 1 is 1.20 bits per heavy atom. The lowest BCUT2D eigenvalue weighted by Crippen LogP contribution is -2.50. The van der Waals surface area contributed by atoms with Crippen LogP contribution in [0.5, 0.6) is 0 Å². The van der Waals surface area contributed by atoms with Crippen molar-refractivity contribution in [1.82, 2.24) is 9.88 Å². The van der Waals surface area contributed by atoms with Crippen LogP contribution in [-0.2, 0) is 16.6 Å². The highest BCUT2D eigenvalue weighted by Crippen LogP contribution is 2.46. The van der Waals surface area contributed by atoms with Crippen molar-refractivity contribution >= 4 is 17.5 Å². The largest absolute Gasteiger partial charge is 0.342 e. The number of halogens is 1. The van der Waals surface area contributed by atoms with E-state index in [0.29, 0.717) is 11.8 Å². The third-order valence-electron chi connectivity index (χ3n) is 5.81. The fourth-order valence-electron chi connectivity index (χ4n) is 4.23. The zero-order valence-corrected chi connectivity index (χ0v) is 15.1. The number of amides is 1. The van der Waals surface area contributed by atoms with Crippen molar-refractivity contribution in [1.29, 1.82) is 0 Å². The molecule has 1 saturated carbocycles. The molecule has 25 heavy (non-hydrogen) atoms. The molecule has 130 valence electrons. The summed E-state index contributed by atoms with van der Waals surface area (Å²) in [5, 5.41) is 0.724. The van der Waals surface area contributed by atoms with Crippen LogP contribution in [0, 0.1) is 5.92 Å². The van der Waals surface area contributed by atoms with Gasteiger partial charge in [0.05, 0.1) is 5.41 Å². The molecule has 4 heteroatoms. The van der Waals surface area contributed by atoms with E-state index in [2.05, 4.69) is 16.0 Å². The molecule has 1 unspecified atom stereocenters. The molecule has 0 N–H and O–H groups in total. The highest BCUT2D eigenvalue weighted by molar-refractivity contribution is 6.30. The summed E-state index contributed by atoms with van der Waals surface area (Å²) in [7, 11) is 0. The molecule has 2 aromatic rings. The van der Waals surface area contributed by atoms with Gasteiger partial charge in [-0.1, -0.05) is 36.2 Å². The van der Waals surface area contributed by atoms with Crippen molar-refractivity contribution < 1.29 is 4.79 Å². The normalized spacial score (nSPS) is 21.8. The maximum atomic E-state index is 13.3. The van der Waals surface area contributed by atoms with E-state index in [1.165, 1.54) is 0 Å². The molecular weight excluding hydrogens is 332 g/mol. The Hall–Kier alpha value is -1.87. The van der Waals surface area contributed by atoms with Crippen LogP contribution < -0.4 is 0 Å². The Labute approximate surface area is 154 Å². The first-order chi connectivity index (χ1) is 12.2. The van der Waals surface area contributed by atoms with Gasteiger partial charge in [0.15, 0.2) is 0 Å². The molecule has 1 atom stereocenters. The average Bonchev–Trinajstić information content (AvgIpc) is 3.05. The fraction of sp³-hybridized carbons (Fsp3) is 0.429. The summed E-state index contributed by atoms with van der Waals surface area (Å²) in [6.45, 7) is 1.72. The molecule has 3 nitrogen and oxygen atoms in total. The summed E-state index contributed by atoms with van der Waals surface area (Å²) in [6, 6.07) is 13.9. The number of carbonyl (C=O) groups excluding carboxylic acids is 1. The van der Waals surface area contributed by atoms with Gasteiger partial charge in [-0.05, 0) is 61.4 Å². The molecule has 0 radical (unpaired) electrons. The second-order valence-corrected chi connectivity index (χ2v) is 7.81. The predicted octanol–water partition coefficient (Wildman–Crippen LogP) is 4.25. The van der Waals surface area contributed by atoms with Crippen molar-refractivity contribution in [3.8, 4) is 0 Å². The van der Waals surface area contributed by atoms with Crippen LogP contribution in [0.2, 0.25) is 5.02 Å². The van der Waals surface area contributed by atoms with Crippen molar-refractivity contribution in [2.75, 3.05) is 13.1 Å². The Kier molecular flexibility index (Phi) is 4.51. The number of benzene rings is 1. The smallest absolute Gasteiger partial charge is 0.233 e. The van der Waals surface area contributed by atoms with Gasteiger partial charge in [-0.25, -0.2) is 0 Å². The molecule has 1 aromatic heterocycles. The Morgan fingerprint density at radius 3 is 2.64 bits per heavy atom. The van der Waals surface area contributed by atoms with Gasteiger partial charge in [0.1, 0.15) is 0 Å². The molecule has 1 aromatic carbocycles. The predicted molar refractivity (Wildman–Crippen MR) is 99.6 cm³/mol.